The van der Waals surface area contributed by atoms with Gasteiger partial charge >= 0.3 is 0 Å². The van der Waals surface area contributed by atoms with E-state index in [1.165, 1.54) is 57.8 Å². The average Bonchev–Trinajstić information content (AvgIpc) is 2.66. The summed E-state index contributed by atoms with van der Waals surface area (Å²) >= 11 is 0. The Hall–Kier alpha value is -3.38. The van der Waals surface area contributed by atoms with Gasteiger partial charge in [-0.05, 0) is 6.42 Å². The van der Waals surface area contributed by atoms with Crippen LogP contribution in [0.4, 0.5) is 17.8 Å². The number of carbonyl (C=O) groups is 1. The number of unbranched alkanes of at least 4 members (excludes halogenated alkanes) is 9. The Bertz CT molecular complexity index is 524. The van der Waals surface area contributed by atoms with Crippen LogP contribution < -0.4 is 40.1 Å². The highest BCUT2D eigenvalue weighted by molar-refractivity contribution is 5.75. The fourth-order valence-electron chi connectivity index (χ4n) is 2.23. The molecule has 0 fully saturated rings. The van der Waals surface area contributed by atoms with Gasteiger partial charge in [0.05, 0.1) is 0 Å². The Morgan fingerprint density at radius 2 is 1.03 bits per heavy atom. The number of nitrogen functional groups attached to an aromatic ring is 3. The predicted octanol–water partition coefficient (Wildman–Crippen LogP) is 0.453. The number of aromatic nitrogens is 3. The molecule has 13 nitrogen and oxygen atoms in total. The zero-order chi connectivity index (χ0) is 24.5. The van der Waals surface area contributed by atoms with Gasteiger partial charge in [0.15, 0.2) is 11.9 Å². The molecular weight excluding hydrogens is 400 g/mol. The highest BCUT2D eigenvalue weighted by Crippen LogP contribution is 2.10. The third kappa shape index (κ3) is 34.5. The minimum atomic E-state index is -0.333. The zero-order valence-electron chi connectivity index (χ0n) is 18.7. The van der Waals surface area contributed by atoms with Gasteiger partial charge in [0.2, 0.25) is 17.8 Å². The first-order chi connectivity index (χ1) is 14.7. The van der Waals surface area contributed by atoms with Crippen LogP contribution in [-0.2, 0) is 4.79 Å². The van der Waals surface area contributed by atoms with Crippen LogP contribution in [0.3, 0.4) is 0 Å². The Balaban J connectivity index is -0.000000435. The molecule has 1 aromatic rings. The van der Waals surface area contributed by atoms with Gasteiger partial charge < -0.3 is 44.9 Å². The quantitative estimate of drug-likeness (QED) is 0.132. The zero-order valence-corrected chi connectivity index (χ0v) is 18.7. The van der Waals surface area contributed by atoms with Crippen molar-refractivity contribution in [3.63, 3.8) is 0 Å². The Morgan fingerprint density at radius 1 is 0.742 bits per heavy atom. The van der Waals surface area contributed by atoms with Crippen molar-refractivity contribution >= 4 is 36.6 Å². The molecule has 0 unspecified atom stereocenters. The summed E-state index contributed by atoms with van der Waals surface area (Å²) in [5.74, 6) is 0.0101. The van der Waals surface area contributed by atoms with Crippen molar-refractivity contribution in [2.45, 2.75) is 71.1 Å². The van der Waals surface area contributed by atoms with Crippen molar-refractivity contribution in [2.75, 3.05) is 23.7 Å². The molecule has 0 aliphatic rings. The lowest BCUT2D eigenvalue weighted by molar-refractivity contribution is -0.0979. The second-order valence-electron chi connectivity index (χ2n) is 6.35. The Kier molecular flexibility index (Phi) is 25.7. The van der Waals surface area contributed by atoms with Gasteiger partial charge in [0.1, 0.15) is 6.79 Å². The number of nitrogens with two attached hydrogens (primary N) is 7. The third-order valence-corrected chi connectivity index (χ3v) is 3.49. The highest BCUT2D eigenvalue weighted by Gasteiger charge is 1.94. The predicted molar refractivity (Wildman–Crippen MR) is 129 cm³/mol. The number of anilines is 3. The molecule has 1 aromatic heterocycles. The van der Waals surface area contributed by atoms with E-state index in [1.54, 1.807) is 0 Å². The molecule has 0 aromatic carbocycles. The lowest BCUT2D eigenvalue weighted by atomic mass is 10.1. The summed E-state index contributed by atoms with van der Waals surface area (Å²) in [6.45, 7) is 5.05. The van der Waals surface area contributed by atoms with E-state index in [0.717, 1.165) is 13.0 Å². The highest BCUT2D eigenvalue weighted by atomic mass is 16.1. The molecule has 0 bridgehead atoms. The summed E-state index contributed by atoms with van der Waals surface area (Å²) in [5, 5.41) is 6.06. The van der Waals surface area contributed by atoms with E-state index in [4.69, 9.17) is 38.9 Å². The lowest BCUT2D eigenvalue weighted by Crippen LogP contribution is -2.22. The van der Waals surface area contributed by atoms with E-state index in [9.17, 15) is 0 Å². The first-order valence-electron chi connectivity index (χ1n) is 10.1. The van der Waals surface area contributed by atoms with Crippen LogP contribution >= 0.6 is 0 Å². The molecule has 0 atom stereocenters. The van der Waals surface area contributed by atoms with E-state index in [2.05, 4.69) is 38.3 Å². The molecule has 0 saturated carbocycles. The molecule has 0 aliphatic carbocycles. The monoisotopic (exact) mass is 442 g/mol. The summed E-state index contributed by atoms with van der Waals surface area (Å²) in [4.78, 5) is 22.4. The van der Waals surface area contributed by atoms with Gasteiger partial charge in [0, 0.05) is 6.54 Å². The minimum Gasteiger partial charge on any atom is -0.370 e. The molecule has 13 heteroatoms. The van der Waals surface area contributed by atoms with Crippen LogP contribution in [0, 0.1) is 5.41 Å². The summed E-state index contributed by atoms with van der Waals surface area (Å²) in [7, 11) is 0. The molecule has 0 radical (unpaired) electrons. The molecule has 0 saturated heterocycles. The van der Waals surface area contributed by atoms with E-state index >= 15 is 0 Å². The molecule has 180 valence electrons. The number of hydrogen-bond donors (Lipinski definition) is 8. The average molecular weight is 443 g/mol. The molecule has 1 heterocycles. The maximum Gasteiger partial charge on any atom is 0.226 e. The number of carbonyl (C=O) groups excluding carboxylic acids is 1. The maximum absolute atomic E-state index is 8.00. The second-order valence-corrected chi connectivity index (χ2v) is 6.35. The van der Waals surface area contributed by atoms with Gasteiger partial charge in [-0.15, -0.1) is 0 Å². The van der Waals surface area contributed by atoms with Gasteiger partial charge in [-0.25, -0.2) is 0 Å². The van der Waals surface area contributed by atoms with Gasteiger partial charge in [0.25, 0.3) is 0 Å². The molecular formula is C18H42N12O. The van der Waals surface area contributed by atoms with Gasteiger partial charge in [-0.1, -0.05) is 64.7 Å². The largest absolute Gasteiger partial charge is 0.370 e. The van der Waals surface area contributed by atoms with Crippen molar-refractivity contribution < 1.29 is 4.79 Å². The van der Waals surface area contributed by atoms with Crippen LogP contribution in [0.1, 0.15) is 71.1 Å². The smallest absolute Gasteiger partial charge is 0.226 e. The van der Waals surface area contributed by atoms with Crippen molar-refractivity contribution in [3.05, 3.63) is 0 Å². The van der Waals surface area contributed by atoms with Gasteiger partial charge in [-0.2, -0.15) is 15.0 Å². The van der Waals surface area contributed by atoms with Crippen LogP contribution in [0.5, 0.6) is 0 Å². The number of nitrogens with one attached hydrogen (secondary N) is 1. The number of hydrogen-bond acceptors (Lipinski definition) is 9. The molecule has 0 spiro atoms. The maximum atomic E-state index is 8.00. The van der Waals surface area contributed by atoms with Crippen LogP contribution in [-0.4, -0.2) is 40.2 Å². The van der Waals surface area contributed by atoms with Crippen LogP contribution in [0.25, 0.3) is 0 Å². The third-order valence-electron chi connectivity index (χ3n) is 3.49. The van der Waals surface area contributed by atoms with Gasteiger partial charge in [-0.3, -0.25) is 10.4 Å². The Labute approximate surface area is 185 Å². The molecule has 0 amide bonds. The summed E-state index contributed by atoms with van der Waals surface area (Å²) in [6, 6.07) is 0. The van der Waals surface area contributed by atoms with E-state index < -0.39 is 0 Å². The van der Waals surface area contributed by atoms with Crippen LogP contribution in [0.15, 0.2) is 4.99 Å². The van der Waals surface area contributed by atoms with Crippen molar-refractivity contribution in [3.8, 4) is 0 Å². The fourth-order valence-corrected chi connectivity index (χ4v) is 2.23. The van der Waals surface area contributed by atoms with E-state index in [-0.39, 0.29) is 29.8 Å². The fraction of sp³-hybridized carbons (Fsp3) is 0.667. The SMILES string of the molecule is C=O.CCCCCCCCCCCCN=C(N)N.N=C(N)N.Nc1nc(N)nc(N)n1. The number of aliphatic imine (C=N–C) groups is 1. The second kappa shape index (κ2) is 24.7. The standard InChI is InChI=1S/C13H29N3.C3H6N6.CH5N3.CH2O/c1-2-3-4-5-6-7-8-9-10-11-12-16-13(14)15;4-1-7-2(5)9-3(6)8-1;2-1(3)4;1-2/h2-12H2,1H3,(H4,14,15,16);(H6,4,5,6,7,8,9);(H5,2,3,4);1H2. The first-order valence-corrected chi connectivity index (χ1v) is 10.1. The molecule has 1 rings (SSSR count). The molecule has 31 heavy (non-hydrogen) atoms. The van der Waals surface area contributed by atoms with Crippen LogP contribution in [0.2, 0.25) is 0 Å². The summed E-state index contributed by atoms with van der Waals surface area (Å²) < 4.78 is 0. The minimum absolute atomic E-state index is 0.0417. The summed E-state index contributed by atoms with van der Waals surface area (Å²) in [6.07, 6.45) is 13.5. The van der Waals surface area contributed by atoms with E-state index in [0.29, 0.717) is 0 Å². The van der Waals surface area contributed by atoms with Crippen molar-refractivity contribution in [1.29, 1.82) is 5.41 Å². The summed E-state index contributed by atoms with van der Waals surface area (Å²) in [5.41, 5.74) is 34.8. The lowest BCUT2D eigenvalue weighted by Gasteiger charge is -2.01. The normalized spacial score (nSPS) is 8.94. The molecule has 0 aliphatic heterocycles. The Morgan fingerprint density at radius 3 is 1.32 bits per heavy atom. The topological polar surface area (TPSA) is 274 Å². The molecule has 15 N–H and O–H groups in total. The van der Waals surface area contributed by atoms with Crippen molar-refractivity contribution in [2.24, 2.45) is 27.9 Å². The number of guanidine groups is 2. The first kappa shape index (κ1) is 32.3. The van der Waals surface area contributed by atoms with Crippen molar-refractivity contribution in [1.82, 2.24) is 15.0 Å². The number of rotatable bonds is 11. The number of nitrogens with zero attached hydrogens (tertiary/aromatic N) is 4. The van der Waals surface area contributed by atoms with E-state index in [1.807, 2.05) is 6.79 Å².